The molecule has 0 spiro atoms. The summed E-state index contributed by atoms with van der Waals surface area (Å²) >= 11 is 0. The minimum atomic E-state index is -0.985. The molecule has 1 atom stereocenters. The van der Waals surface area contributed by atoms with Crippen molar-refractivity contribution in [3.05, 3.63) is 23.4 Å². The van der Waals surface area contributed by atoms with Crippen LogP contribution in [0.25, 0.3) is 0 Å². The van der Waals surface area contributed by atoms with Crippen LogP contribution < -0.4 is 4.74 Å². The zero-order chi connectivity index (χ0) is 12.1. The Labute approximate surface area is 94.0 Å². The van der Waals surface area contributed by atoms with E-state index in [-0.39, 0.29) is 11.7 Å². The van der Waals surface area contributed by atoms with Crippen LogP contribution >= 0.6 is 0 Å². The fourth-order valence-corrected chi connectivity index (χ4v) is 1.30. The van der Waals surface area contributed by atoms with E-state index in [9.17, 15) is 4.79 Å². The number of carboxylic acids is 1. The maximum Gasteiger partial charge on any atom is 0.337 e. The molecule has 1 N–H and O–H groups in total. The Balaban J connectivity index is 2.77. The van der Waals surface area contributed by atoms with Gasteiger partial charge >= 0.3 is 5.97 Å². The van der Waals surface area contributed by atoms with Crippen molar-refractivity contribution in [3.8, 4) is 5.88 Å². The van der Waals surface area contributed by atoms with E-state index in [1.54, 1.807) is 20.1 Å². The van der Waals surface area contributed by atoms with Gasteiger partial charge in [0.15, 0.2) is 0 Å². The van der Waals surface area contributed by atoms with Gasteiger partial charge in [0.25, 0.3) is 0 Å². The molecule has 1 aromatic heterocycles. The number of nitrogens with zero attached hydrogens (tertiary/aromatic N) is 1. The standard InChI is InChI=1S/C11H15NO4/c1-7(6-15-3)16-10-5-4-9(11(13)14)8(2)12-10/h4-5,7H,6H2,1-3H3,(H,13,14). The molecule has 1 unspecified atom stereocenters. The second-order valence-electron chi connectivity index (χ2n) is 3.47. The molecule has 0 aliphatic carbocycles. The van der Waals surface area contributed by atoms with Crippen LogP contribution in [0.5, 0.6) is 5.88 Å². The van der Waals surface area contributed by atoms with Gasteiger partial charge in [0.1, 0.15) is 6.10 Å². The summed E-state index contributed by atoms with van der Waals surface area (Å²) in [6.45, 7) is 3.95. The van der Waals surface area contributed by atoms with Crippen LogP contribution in [-0.2, 0) is 4.74 Å². The second kappa shape index (κ2) is 5.46. The molecule has 5 heteroatoms. The van der Waals surface area contributed by atoms with Gasteiger partial charge in [0, 0.05) is 13.2 Å². The van der Waals surface area contributed by atoms with Crippen molar-refractivity contribution in [2.45, 2.75) is 20.0 Å². The fraction of sp³-hybridized carbons (Fsp3) is 0.455. The first-order valence-corrected chi connectivity index (χ1v) is 4.91. The van der Waals surface area contributed by atoms with Crippen molar-refractivity contribution >= 4 is 5.97 Å². The van der Waals surface area contributed by atoms with E-state index in [0.29, 0.717) is 18.2 Å². The summed E-state index contributed by atoms with van der Waals surface area (Å²) < 4.78 is 10.4. The molecule has 88 valence electrons. The highest BCUT2D eigenvalue weighted by Gasteiger charge is 2.10. The first kappa shape index (κ1) is 12.4. The van der Waals surface area contributed by atoms with Crippen LogP contribution in [0.4, 0.5) is 0 Å². The van der Waals surface area contributed by atoms with Gasteiger partial charge in [-0.25, -0.2) is 9.78 Å². The molecule has 1 rings (SSSR count). The summed E-state index contributed by atoms with van der Waals surface area (Å²) in [5.74, 6) is -0.575. The number of aryl methyl sites for hydroxylation is 1. The van der Waals surface area contributed by atoms with E-state index in [4.69, 9.17) is 14.6 Å². The average Bonchev–Trinajstić information content (AvgIpc) is 2.17. The number of carbonyl (C=O) groups is 1. The monoisotopic (exact) mass is 225 g/mol. The van der Waals surface area contributed by atoms with Crippen LogP contribution in [0.15, 0.2) is 12.1 Å². The van der Waals surface area contributed by atoms with E-state index in [1.807, 2.05) is 6.92 Å². The third kappa shape index (κ3) is 3.20. The van der Waals surface area contributed by atoms with Gasteiger partial charge in [-0.05, 0) is 19.9 Å². The van der Waals surface area contributed by atoms with Crippen LogP contribution in [0.2, 0.25) is 0 Å². The lowest BCUT2D eigenvalue weighted by Crippen LogP contribution is -2.19. The summed E-state index contributed by atoms with van der Waals surface area (Å²) in [7, 11) is 1.59. The summed E-state index contributed by atoms with van der Waals surface area (Å²) in [6, 6.07) is 3.03. The topological polar surface area (TPSA) is 68.7 Å². The molecule has 5 nitrogen and oxygen atoms in total. The first-order chi connectivity index (χ1) is 7.54. The third-order valence-electron chi connectivity index (χ3n) is 2.01. The lowest BCUT2D eigenvalue weighted by Gasteiger charge is -2.13. The van der Waals surface area contributed by atoms with E-state index in [0.717, 1.165) is 0 Å². The van der Waals surface area contributed by atoms with Gasteiger partial charge in [0.2, 0.25) is 5.88 Å². The fourth-order valence-electron chi connectivity index (χ4n) is 1.30. The maximum absolute atomic E-state index is 10.8. The molecule has 0 saturated carbocycles. The number of ether oxygens (including phenoxy) is 2. The van der Waals surface area contributed by atoms with Gasteiger partial charge in [-0.3, -0.25) is 0 Å². The molecular weight excluding hydrogens is 210 g/mol. The quantitative estimate of drug-likeness (QED) is 0.822. The van der Waals surface area contributed by atoms with E-state index in [1.165, 1.54) is 6.07 Å². The number of rotatable bonds is 5. The molecule has 0 aromatic carbocycles. The lowest BCUT2D eigenvalue weighted by molar-refractivity contribution is 0.0694. The Hall–Kier alpha value is -1.62. The summed E-state index contributed by atoms with van der Waals surface area (Å²) in [6.07, 6.45) is -0.118. The number of pyridine rings is 1. The highest BCUT2D eigenvalue weighted by atomic mass is 16.5. The SMILES string of the molecule is COCC(C)Oc1ccc(C(=O)O)c(C)n1. The van der Waals surface area contributed by atoms with Gasteiger partial charge in [0.05, 0.1) is 17.9 Å². The van der Waals surface area contributed by atoms with Crippen molar-refractivity contribution in [2.24, 2.45) is 0 Å². The largest absolute Gasteiger partial charge is 0.478 e. The number of carboxylic acid groups (broad SMARTS) is 1. The predicted molar refractivity (Wildman–Crippen MR) is 57.9 cm³/mol. The van der Waals surface area contributed by atoms with Crippen molar-refractivity contribution in [1.29, 1.82) is 0 Å². The molecule has 0 bridgehead atoms. The second-order valence-corrected chi connectivity index (χ2v) is 3.47. The molecule has 0 fully saturated rings. The average molecular weight is 225 g/mol. The molecule has 1 heterocycles. The van der Waals surface area contributed by atoms with E-state index >= 15 is 0 Å². The number of methoxy groups -OCH3 is 1. The Morgan fingerprint density at radius 1 is 1.56 bits per heavy atom. The third-order valence-corrected chi connectivity index (χ3v) is 2.01. The molecule has 1 aromatic rings. The van der Waals surface area contributed by atoms with Gasteiger partial charge in [-0.1, -0.05) is 0 Å². The number of hydrogen-bond acceptors (Lipinski definition) is 4. The van der Waals surface area contributed by atoms with Crippen molar-refractivity contribution < 1.29 is 19.4 Å². The summed E-state index contributed by atoms with van der Waals surface area (Å²) in [5, 5.41) is 8.82. The summed E-state index contributed by atoms with van der Waals surface area (Å²) in [4.78, 5) is 14.8. The molecule has 0 saturated heterocycles. The number of aromatic nitrogens is 1. The number of hydrogen-bond donors (Lipinski definition) is 1. The van der Waals surface area contributed by atoms with E-state index in [2.05, 4.69) is 4.98 Å². The molecule has 0 amide bonds. The highest BCUT2D eigenvalue weighted by molar-refractivity contribution is 5.88. The molecule has 0 aliphatic heterocycles. The Kier molecular flexibility index (Phi) is 4.25. The lowest BCUT2D eigenvalue weighted by atomic mass is 10.2. The first-order valence-electron chi connectivity index (χ1n) is 4.91. The minimum absolute atomic E-state index is 0.118. The maximum atomic E-state index is 10.8. The smallest absolute Gasteiger partial charge is 0.337 e. The highest BCUT2D eigenvalue weighted by Crippen LogP contribution is 2.13. The molecule has 0 aliphatic rings. The minimum Gasteiger partial charge on any atom is -0.478 e. The zero-order valence-corrected chi connectivity index (χ0v) is 9.56. The van der Waals surface area contributed by atoms with Crippen molar-refractivity contribution in [1.82, 2.24) is 4.98 Å². The van der Waals surface area contributed by atoms with Gasteiger partial charge in [-0.15, -0.1) is 0 Å². The molecular formula is C11H15NO4. The van der Waals surface area contributed by atoms with E-state index < -0.39 is 5.97 Å². The van der Waals surface area contributed by atoms with Crippen LogP contribution in [-0.4, -0.2) is 35.9 Å². The van der Waals surface area contributed by atoms with Crippen molar-refractivity contribution in [2.75, 3.05) is 13.7 Å². The van der Waals surface area contributed by atoms with Crippen molar-refractivity contribution in [3.63, 3.8) is 0 Å². The molecule has 16 heavy (non-hydrogen) atoms. The van der Waals surface area contributed by atoms with Gasteiger partial charge < -0.3 is 14.6 Å². The Morgan fingerprint density at radius 3 is 2.75 bits per heavy atom. The zero-order valence-electron chi connectivity index (χ0n) is 9.56. The van der Waals surface area contributed by atoms with Crippen LogP contribution in [0, 0.1) is 6.92 Å². The molecule has 0 radical (unpaired) electrons. The normalized spacial score (nSPS) is 12.2. The number of aromatic carboxylic acids is 1. The Bertz CT molecular complexity index is 378. The van der Waals surface area contributed by atoms with Crippen LogP contribution in [0.1, 0.15) is 23.0 Å². The predicted octanol–water partition coefficient (Wildman–Crippen LogP) is 1.50. The van der Waals surface area contributed by atoms with Gasteiger partial charge in [-0.2, -0.15) is 0 Å². The Morgan fingerprint density at radius 2 is 2.25 bits per heavy atom. The van der Waals surface area contributed by atoms with Crippen LogP contribution in [0.3, 0.4) is 0 Å². The summed E-state index contributed by atoms with van der Waals surface area (Å²) in [5.41, 5.74) is 0.626.